The Bertz CT molecular complexity index is 897. The third-order valence-electron chi connectivity index (χ3n) is 3.63. The Morgan fingerprint density at radius 3 is 2.35 bits per heavy atom. The maximum absolute atomic E-state index is 12.4. The number of hydrogen-bond acceptors (Lipinski definition) is 4. The average molecular weight is 376 g/mol. The molecule has 1 aromatic heterocycles. The van der Waals surface area contributed by atoms with Crippen molar-refractivity contribution in [3.05, 3.63) is 59.7 Å². The minimum atomic E-state index is -0.0856. The molecular weight excluding hydrogens is 360 g/mol. The first-order chi connectivity index (χ1) is 10.6. The zero-order chi connectivity index (χ0) is 15.7. The van der Waals surface area contributed by atoms with E-state index in [9.17, 15) is 4.79 Å². The molecule has 0 saturated carbocycles. The van der Waals surface area contributed by atoms with Crippen molar-refractivity contribution in [2.24, 2.45) is 0 Å². The number of nitrogen functional groups attached to an aromatic ring is 1. The fourth-order valence-electron chi connectivity index (χ4n) is 2.43. The van der Waals surface area contributed by atoms with Gasteiger partial charge in [0.15, 0.2) is 5.78 Å². The van der Waals surface area contributed by atoms with Crippen molar-refractivity contribution in [1.29, 1.82) is 5.41 Å². The first-order valence-electron chi connectivity index (χ1n) is 6.79. The highest BCUT2D eigenvalue weighted by Gasteiger charge is 2.13. The van der Waals surface area contributed by atoms with Crippen LogP contribution in [0.2, 0.25) is 0 Å². The van der Waals surface area contributed by atoms with Crippen LogP contribution in [-0.4, -0.2) is 22.1 Å². The summed E-state index contributed by atoms with van der Waals surface area (Å²) in [4.78, 5) is 12.4. The van der Waals surface area contributed by atoms with E-state index in [4.69, 9.17) is 16.0 Å². The molecule has 1 heterocycles. The van der Waals surface area contributed by atoms with Crippen LogP contribution in [-0.2, 0) is 6.54 Å². The topological polar surface area (TPSA) is 86.0 Å². The first-order valence-corrected chi connectivity index (χ1v) is 6.79. The summed E-state index contributed by atoms with van der Waals surface area (Å²) in [5.41, 5.74) is 2.14. The second kappa shape index (κ2) is 6.70. The van der Waals surface area contributed by atoms with Crippen LogP contribution in [0.15, 0.2) is 48.5 Å². The van der Waals surface area contributed by atoms with Gasteiger partial charge in [-0.2, -0.15) is 0 Å². The van der Waals surface area contributed by atoms with Crippen molar-refractivity contribution in [2.45, 2.75) is 6.54 Å². The monoisotopic (exact) mass is 375 g/mol. The van der Waals surface area contributed by atoms with E-state index in [1.165, 1.54) is 4.68 Å². The van der Waals surface area contributed by atoms with Gasteiger partial charge in [-0.15, -0.1) is 0 Å². The summed E-state index contributed by atoms with van der Waals surface area (Å²) >= 11 is 0. The number of halogens is 1. The number of carbonyl (C=O) groups excluding carboxylic acids is 1. The van der Waals surface area contributed by atoms with Crippen molar-refractivity contribution in [3.8, 4) is 5.75 Å². The maximum Gasteiger partial charge on any atom is 0.222 e. The second-order valence-corrected chi connectivity index (χ2v) is 4.92. The van der Waals surface area contributed by atoms with Crippen LogP contribution >= 0.6 is 0 Å². The van der Waals surface area contributed by atoms with Crippen molar-refractivity contribution in [3.63, 3.8) is 0 Å². The number of nitrogens with two attached hydrogens (primary N) is 1. The van der Waals surface area contributed by atoms with Gasteiger partial charge in [0.25, 0.3) is 0 Å². The van der Waals surface area contributed by atoms with Crippen molar-refractivity contribution in [1.82, 2.24) is 9.24 Å². The summed E-state index contributed by atoms with van der Waals surface area (Å²) in [5.74, 6) is 6.48. The number of hydrogen-bond donors (Lipinski definition) is 2. The van der Waals surface area contributed by atoms with E-state index in [2.05, 4.69) is 0 Å². The molecule has 0 unspecified atom stereocenters. The molecule has 0 saturated heterocycles. The quantitative estimate of drug-likeness (QED) is 0.431. The Hall–Kier alpha value is -2.54. The molecule has 0 atom stereocenters. The number of para-hydroxylation sites is 2. The van der Waals surface area contributed by atoms with Crippen molar-refractivity contribution in [2.75, 3.05) is 13.0 Å². The Morgan fingerprint density at radius 2 is 1.74 bits per heavy atom. The third-order valence-corrected chi connectivity index (χ3v) is 3.63. The second-order valence-electron chi connectivity index (χ2n) is 4.92. The summed E-state index contributed by atoms with van der Waals surface area (Å²) in [5, 5.41) is 8.07. The minimum absolute atomic E-state index is 0. The van der Waals surface area contributed by atoms with Gasteiger partial charge < -0.3 is 32.1 Å². The molecule has 3 N–H and O–H groups in total. The van der Waals surface area contributed by atoms with Gasteiger partial charge in [-0.3, -0.25) is 10.2 Å². The molecule has 0 amide bonds. The van der Waals surface area contributed by atoms with E-state index in [1.807, 2.05) is 24.3 Å². The van der Waals surface area contributed by atoms with Crippen LogP contribution < -0.4 is 33.2 Å². The molecule has 0 aliphatic heterocycles. The summed E-state index contributed by atoms with van der Waals surface area (Å²) < 4.78 is 7.95. The minimum Gasteiger partial charge on any atom is -1.00 e. The smallest absolute Gasteiger partial charge is 0.222 e. The molecule has 120 valence electrons. The SMILES string of the molecule is COc1ccc(C(=O)Cn2c(=N)n(N)c3ccccc32)cc1.[Br-]. The molecule has 3 rings (SSSR count). The predicted octanol–water partition coefficient (Wildman–Crippen LogP) is -1.47. The van der Waals surface area contributed by atoms with E-state index < -0.39 is 0 Å². The molecule has 0 aliphatic carbocycles. The molecule has 3 aromatic rings. The van der Waals surface area contributed by atoms with Gasteiger partial charge in [-0.05, 0) is 36.4 Å². The number of imidazole rings is 1. The van der Waals surface area contributed by atoms with Gasteiger partial charge >= 0.3 is 0 Å². The van der Waals surface area contributed by atoms with Gasteiger partial charge in [0.05, 0.1) is 24.7 Å². The lowest BCUT2D eigenvalue weighted by atomic mass is 10.1. The van der Waals surface area contributed by atoms with Crippen LogP contribution in [0.5, 0.6) is 5.75 Å². The summed E-state index contributed by atoms with van der Waals surface area (Å²) in [6.07, 6.45) is 0. The molecule has 23 heavy (non-hydrogen) atoms. The van der Waals surface area contributed by atoms with Crippen LogP contribution in [0.25, 0.3) is 11.0 Å². The van der Waals surface area contributed by atoms with Crippen LogP contribution in [0.3, 0.4) is 0 Å². The normalized spacial score (nSPS) is 10.3. The fourth-order valence-corrected chi connectivity index (χ4v) is 2.43. The van der Waals surface area contributed by atoms with Gasteiger partial charge in [0.1, 0.15) is 5.75 Å². The Balaban J connectivity index is 0.00000192. The molecular formula is C16H16BrN4O2-. The molecule has 7 heteroatoms. The number of aromatic nitrogens is 2. The number of nitrogens with one attached hydrogen (secondary N) is 1. The lowest BCUT2D eigenvalue weighted by Crippen LogP contribution is -3.00. The van der Waals surface area contributed by atoms with Gasteiger partial charge in [-0.1, -0.05) is 12.1 Å². The molecule has 2 aromatic carbocycles. The summed E-state index contributed by atoms with van der Waals surface area (Å²) in [6.45, 7) is 0.0654. The number of fused-ring (bicyclic) bond motifs is 1. The van der Waals surface area contributed by atoms with Crippen LogP contribution in [0, 0.1) is 5.41 Å². The molecule has 0 fully saturated rings. The zero-order valence-corrected chi connectivity index (χ0v) is 14.1. The first kappa shape index (κ1) is 16.8. The number of carbonyl (C=O) groups is 1. The maximum atomic E-state index is 12.4. The summed E-state index contributed by atoms with van der Waals surface area (Å²) in [6, 6.07) is 14.3. The van der Waals surface area contributed by atoms with Gasteiger partial charge in [-0.25, -0.2) is 4.68 Å². The number of ketones is 1. The number of methoxy groups -OCH3 is 1. The number of nitrogens with zero attached hydrogens (tertiary/aromatic N) is 2. The Morgan fingerprint density at radius 1 is 1.13 bits per heavy atom. The fraction of sp³-hybridized carbons (Fsp3) is 0.125. The van der Waals surface area contributed by atoms with E-state index in [0.29, 0.717) is 11.3 Å². The van der Waals surface area contributed by atoms with Gasteiger partial charge in [0.2, 0.25) is 5.62 Å². The molecule has 6 nitrogen and oxygen atoms in total. The number of Topliss-reactive ketones (excluding diaryl/α,β-unsaturated/α-hetero) is 1. The molecule has 0 radical (unpaired) electrons. The zero-order valence-electron chi connectivity index (χ0n) is 12.5. The van der Waals surface area contributed by atoms with E-state index >= 15 is 0 Å². The van der Waals surface area contributed by atoms with E-state index in [0.717, 1.165) is 11.0 Å². The highest BCUT2D eigenvalue weighted by molar-refractivity contribution is 5.96. The van der Waals surface area contributed by atoms with Gasteiger partial charge in [0, 0.05) is 5.56 Å². The number of ether oxygens (including phenoxy) is 1. The average Bonchev–Trinajstić information content (AvgIpc) is 2.80. The third kappa shape index (κ3) is 3.00. The Kier molecular flexibility index (Phi) is 4.90. The number of rotatable bonds is 4. The predicted molar refractivity (Wildman–Crippen MR) is 83.3 cm³/mol. The molecule has 0 aliphatic rings. The van der Waals surface area contributed by atoms with E-state index in [1.54, 1.807) is 35.9 Å². The lowest BCUT2D eigenvalue weighted by molar-refractivity contribution is -0.0000129. The van der Waals surface area contributed by atoms with E-state index in [-0.39, 0.29) is 34.9 Å². The number of benzene rings is 2. The molecule has 0 bridgehead atoms. The largest absolute Gasteiger partial charge is 1.00 e. The van der Waals surface area contributed by atoms with Crippen LogP contribution in [0.4, 0.5) is 0 Å². The highest BCUT2D eigenvalue weighted by atomic mass is 79.9. The van der Waals surface area contributed by atoms with Crippen molar-refractivity contribution < 1.29 is 26.5 Å². The van der Waals surface area contributed by atoms with Crippen molar-refractivity contribution >= 4 is 16.8 Å². The standard InChI is InChI=1S/C16H16N4O2.BrH/c1-22-12-8-6-11(7-9-12)15(21)10-19-13-4-2-3-5-14(13)20(18)16(19)17;/h2-9,17H,10,18H2,1H3;1H/p-1. The summed E-state index contributed by atoms with van der Waals surface area (Å²) in [7, 11) is 1.58. The molecule has 0 spiro atoms. The Labute approximate surface area is 143 Å². The van der Waals surface area contributed by atoms with Crippen LogP contribution in [0.1, 0.15) is 10.4 Å². The lowest BCUT2D eigenvalue weighted by Gasteiger charge is -2.05. The highest BCUT2D eigenvalue weighted by Crippen LogP contribution is 2.14.